The number of hydrogen-bond acceptors (Lipinski definition) is 10. The van der Waals surface area contributed by atoms with Crippen molar-refractivity contribution in [3.05, 3.63) is 46.5 Å². The topological polar surface area (TPSA) is 131 Å². The molecule has 6 fully saturated rings. The van der Waals surface area contributed by atoms with Crippen LogP contribution < -0.4 is 9.47 Å². The Morgan fingerprint density at radius 3 is 1.50 bits per heavy atom. The highest BCUT2D eigenvalue weighted by Gasteiger charge is 2.74. The zero-order valence-electron chi connectivity index (χ0n) is 28.5. The maximum absolute atomic E-state index is 12.9. The lowest BCUT2D eigenvalue weighted by molar-refractivity contribution is -0.167. The van der Waals surface area contributed by atoms with Gasteiger partial charge in [0.25, 0.3) is 0 Å². The van der Waals surface area contributed by atoms with Gasteiger partial charge in [-0.2, -0.15) is 10.2 Å². The molecular weight excluding hydrogens is 632 g/mol. The van der Waals surface area contributed by atoms with Crippen molar-refractivity contribution in [1.29, 1.82) is 0 Å². The first kappa shape index (κ1) is 29.4. The van der Waals surface area contributed by atoms with E-state index in [1.54, 1.807) is 12.1 Å². The first-order valence-electron chi connectivity index (χ1n) is 19.4. The first-order valence-corrected chi connectivity index (χ1v) is 19.4. The molecule has 2 saturated heterocycles. The number of hydrogen-bond donors (Lipinski definition) is 4. The van der Waals surface area contributed by atoms with Gasteiger partial charge < -0.3 is 29.9 Å². The van der Waals surface area contributed by atoms with E-state index in [0.29, 0.717) is 37.2 Å². The normalized spacial score (nSPS) is 43.4. The third kappa shape index (κ3) is 3.37. The van der Waals surface area contributed by atoms with Crippen molar-refractivity contribution in [1.82, 2.24) is 9.80 Å². The van der Waals surface area contributed by atoms with Gasteiger partial charge in [0.05, 0.1) is 33.5 Å². The molecule has 6 aliphatic carbocycles. The van der Waals surface area contributed by atoms with Crippen LogP contribution in [0.15, 0.2) is 34.5 Å². The van der Waals surface area contributed by atoms with Crippen molar-refractivity contribution in [2.75, 3.05) is 26.2 Å². The minimum atomic E-state index is -0.987. The number of aliphatic hydroxyl groups is 2. The molecule has 0 aromatic heterocycles. The predicted octanol–water partition coefficient (Wildman–Crippen LogP) is 3.72. The second-order valence-corrected chi connectivity index (χ2v) is 17.7. The number of aromatic hydroxyl groups is 2. The van der Waals surface area contributed by atoms with E-state index in [1.165, 1.54) is 36.8 Å². The second-order valence-electron chi connectivity index (χ2n) is 17.7. The molecule has 4 N–H and O–H groups in total. The van der Waals surface area contributed by atoms with E-state index < -0.39 is 34.2 Å². The third-order valence-corrected chi connectivity index (χ3v) is 15.5. The Labute approximate surface area is 291 Å². The van der Waals surface area contributed by atoms with Crippen LogP contribution in [0.5, 0.6) is 23.0 Å². The number of nitrogens with zero attached hydrogens (tertiary/aromatic N) is 4. The Morgan fingerprint density at radius 1 is 0.640 bits per heavy atom. The van der Waals surface area contributed by atoms with Crippen LogP contribution in [-0.2, 0) is 23.7 Å². The summed E-state index contributed by atoms with van der Waals surface area (Å²) in [4.78, 5) is 5.09. The Hall–Kier alpha value is -3.18. The molecule has 0 radical (unpaired) electrons. The van der Waals surface area contributed by atoms with Gasteiger partial charge in [0, 0.05) is 36.3 Å². The van der Waals surface area contributed by atoms with Crippen LogP contribution in [0.3, 0.4) is 0 Å². The van der Waals surface area contributed by atoms with Crippen molar-refractivity contribution in [2.45, 2.75) is 123 Å². The minimum Gasteiger partial charge on any atom is -0.504 e. The fraction of sp³-hybridized carbons (Fsp3) is 0.650. The molecule has 8 atom stereocenters. The highest BCUT2D eigenvalue weighted by atomic mass is 16.5. The molecule has 10 heteroatoms. The lowest BCUT2D eigenvalue weighted by atomic mass is 9.48. The summed E-state index contributed by atoms with van der Waals surface area (Å²) >= 11 is 0. The lowest BCUT2D eigenvalue weighted by Gasteiger charge is -2.63. The average molecular weight is 679 g/mol. The van der Waals surface area contributed by atoms with Gasteiger partial charge >= 0.3 is 0 Å². The number of ether oxygens (including phenoxy) is 2. The standard InChI is InChI=1S/C40H46N4O6/c45-27-7-5-23-17-29-39(47)11-9-25(35-37(39,31(23)33(27)49-35)13-15-43(29)19-21-1-2-21)41-42-26-10-12-40(48)30-18-24-6-8-28(46)34-32(24)38(40,36(26)50-34)14-16-44(30)20-22-3-4-22/h5-8,21-22,29-30,35-36,45-48H,1-4,9-20H2/b41-25+,42-26+. The Morgan fingerprint density at radius 2 is 1.08 bits per heavy atom. The zero-order valence-corrected chi connectivity index (χ0v) is 28.5. The molecule has 4 heterocycles. The molecule has 2 aromatic rings. The van der Waals surface area contributed by atoms with Crippen molar-refractivity contribution >= 4 is 11.4 Å². The smallest absolute Gasteiger partial charge is 0.166 e. The van der Waals surface area contributed by atoms with E-state index in [0.717, 1.165) is 86.2 Å². The Kier molecular flexibility index (Phi) is 5.54. The van der Waals surface area contributed by atoms with Crippen LogP contribution in [0, 0.1) is 11.8 Å². The molecule has 12 rings (SSSR count). The third-order valence-electron chi connectivity index (χ3n) is 15.5. The number of likely N-dealkylation sites (tertiary alicyclic amines) is 2. The van der Waals surface area contributed by atoms with Crippen LogP contribution in [0.4, 0.5) is 0 Å². The van der Waals surface area contributed by atoms with Gasteiger partial charge in [-0.3, -0.25) is 9.80 Å². The largest absolute Gasteiger partial charge is 0.504 e. The highest BCUT2D eigenvalue weighted by molar-refractivity contribution is 5.97. The lowest BCUT2D eigenvalue weighted by Crippen LogP contribution is -2.76. The summed E-state index contributed by atoms with van der Waals surface area (Å²) in [5.74, 6) is 2.72. The number of phenolic OH excluding ortho intramolecular Hbond substituents is 2. The van der Waals surface area contributed by atoms with Crippen molar-refractivity contribution in [2.24, 2.45) is 22.0 Å². The highest BCUT2D eigenvalue weighted by Crippen LogP contribution is 2.67. The van der Waals surface area contributed by atoms with Crippen LogP contribution in [0.25, 0.3) is 0 Å². The Balaban J connectivity index is 0.947. The molecule has 2 spiro atoms. The molecule has 4 aliphatic heterocycles. The molecule has 50 heavy (non-hydrogen) atoms. The summed E-state index contributed by atoms with van der Waals surface area (Å²) < 4.78 is 13.5. The van der Waals surface area contributed by atoms with Gasteiger partial charge in [-0.25, -0.2) is 0 Å². The van der Waals surface area contributed by atoms with E-state index >= 15 is 0 Å². The van der Waals surface area contributed by atoms with Crippen LogP contribution in [0.1, 0.15) is 86.5 Å². The van der Waals surface area contributed by atoms with Gasteiger partial charge in [-0.05, 0) is 125 Å². The molecule has 0 amide bonds. The summed E-state index contributed by atoms with van der Waals surface area (Å²) in [6.45, 7) is 3.86. The maximum Gasteiger partial charge on any atom is 0.166 e. The summed E-state index contributed by atoms with van der Waals surface area (Å²) in [6, 6.07) is 7.58. The van der Waals surface area contributed by atoms with Gasteiger partial charge in [0.2, 0.25) is 0 Å². The van der Waals surface area contributed by atoms with E-state index in [9.17, 15) is 20.4 Å². The average Bonchev–Trinajstić information content (AvgIpc) is 4.03. The van der Waals surface area contributed by atoms with Gasteiger partial charge in [0.1, 0.15) is 0 Å². The van der Waals surface area contributed by atoms with Crippen LogP contribution >= 0.6 is 0 Å². The fourth-order valence-electron chi connectivity index (χ4n) is 12.9. The van der Waals surface area contributed by atoms with Crippen LogP contribution in [0.2, 0.25) is 0 Å². The molecular formula is C40H46N4O6. The monoisotopic (exact) mass is 678 g/mol. The number of phenols is 2. The van der Waals surface area contributed by atoms with Crippen molar-refractivity contribution in [3.8, 4) is 23.0 Å². The second kappa shape index (κ2) is 9.43. The molecule has 8 unspecified atom stereocenters. The van der Waals surface area contributed by atoms with Crippen LogP contribution in [-0.4, -0.2) is 103 Å². The van der Waals surface area contributed by atoms with Crippen molar-refractivity contribution in [3.63, 3.8) is 0 Å². The number of piperidine rings is 2. The quantitative estimate of drug-likeness (QED) is 0.353. The van der Waals surface area contributed by atoms with Crippen molar-refractivity contribution < 1.29 is 29.9 Å². The molecule has 262 valence electrons. The summed E-state index contributed by atoms with van der Waals surface area (Å²) in [5.41, 5.74) is 2.56. The summed E-state index contributed by atoms with van der Waals surface area (Å²) in [6.07, 6.45) is 9.35. The minimum absolute atomic E-state index is 0.00576. The first-order chi connectivity index (χ1) is 24.2. The maximum atomic E-state index is 12.9. The predicted molar refractivity (Wildman–Crippen MR) is 184 cm³/mol. The summed E-state index contributed by atoms with van der Waals surface area (Å²) in [7, 11) is 0. The molecule has 10 aliphatic rings. The van der Waals surface area contributed by atoms with Gasteiger partial charge in [0.15, 0.2) is 35.2 Å². The van der Waals surface area contributed by atoms with E-state index in [-0.39, 0.29) is 23.6 Å². The molecule has 10 nitrogen and oxygen atoms in total. The molecule has 2 aromatic carbocycles. The van der Waals surface area contributed by atoms with Gasteiger partial charge in [-0.1, -0.05) is 12.1 Å². The van der Waals surface area contributed by atoms with E-state index in [4.69, 9.17) is 19.7 Å². The number of benzene rings is 2. The Bertz CT molecular complexity index is 1800. The zero-order chi connectivity index (χ0) is 33.4. The van der Waals surface area contributed by atoms with Gasteiger partial charge in [-0.15, -0.1) is 0 Å². The summed E-state index contributed by atoms with van der Waals surface area (Å²) in [5, 5.41) is 58.0. The SMILES string of the molecule is Oc1ccc2c3c1OC1/C(=N/N=C4\CCC5(O)C6Cc7ccc(O)c8c7C5(CCN6CC5CC5)C4O8)CCC4(O)C(C2)N(CC2CC2)CCC314. The molecule has 4 saturated carbocycles. The van der Waals surface area contributed by atoms with E-state index in [1.807, 2.05) is 12.1 Å². The fourth-order valence-corrected chi connectivity index (χ4v) is 12.9. The van der Waals surface area contributed by atoms with E-state index in [2.05, 4.69) is 9.80 Å². The molecule has 4 bridgehead atoms. The number of rotatable bonds is 5.